The van der Waals surface area contributed by atoms with E-state index >= 15 is 0 Å². The first-order chi connectivity index (χ1) is 9.61. The molecule has 0 aliphatic heterocycles. The maximum absolute atomic E-state index is 13.7. The number of rotatable bonds is 5. The van der Waals surface area contributed by atoms with E-state index in [9.17, 15) is 9.18 Å². The normalized spacial score (nSPS) is 12.2. The van der Waals surface area contributed by atoms with Gasteiger partial charge in [0.25, 0.3) is 0 Å². The summed E-state index contributed by atoms with van der Waals surface area (Å²) < 4.78 is 15.1. The summed E-state index contributed by atoms with van der Waals surface area (Å²) in [7, 11) is 0. The van der Waals surface area contributed by atoms with Gasteiger partial charge in [-0.05, 0) is 35.0 Å². The molecule has 0 saturated carbocycles. The molecule has 0 aliphatic carbocycles. The lowest BCUT2D eigenvalue weighted by Crippen LogP contribution is -2.35. The third-order valence-corrected chi connectivity index (χ3v) is 2.76. The Hall–Kier alpha value is -2.35. The molecule has 0 aliphatic rings. The second-order valence-corrected chi connectivity index (χ2v) is 4.30. The Labute approximate surface area is 115 Å². The molecule has 0 fully saturated rings. The van der Waals surface area contributed by atoms with Crippen LogP contribution < -0.4 is 11.1 Å². The standard InChI is InChI=1S/C12H15FN6O/c1-2-3-10(14)12(20)16-11-6-8(4-5-9(11)13)19-7-15-17-18-19/h4-7,10H,2-3,14H2,1H3,(H,16,20)/t10-/m1/s1. The van der Waals surface area contributed by atoms with Crippen LogP contribution in [0, 0.1) is 5.82 Å². The summed E-state index contributed by atoms with van der Waals surface area (Å²) in [5, 5.41) is 13.2. The van der Waals surface area contributed by atoms with Gasteiger partial charge in [-0.2, -0.15) is 0 Å². The molecule has 1 amide bonds. The first kappa shape index (κ1) is 14.1. The highest BCUT2D eigenvalue weighted by Crippen LogP contribution is 2.18. The average molecular weight is 278 g/mol. The largest absolute Gasteiger partial charge is 0.322 e. The first-order valence-corrected chi connectivity index (χ1v) is 6.21. The van der Waals surface area contributed by atoms with E-state index in [1.54, 1.807) is 0 Å². The molecule has 0 spiro atoms. The Balaban J connectivity index is 2.19. The number of amides is 1. The molecule has 1 atom stereocenters. The van der Waals surface area contributed by atoms with Gasteiger partial charge in [0, 0.05) is 0 Å². The number of nitrogens with one attached hydrogen (secondary N) is 1. The van der Waals surface area contributed by atoms with Gasteiger partial charge in [-0.15, -0.1) is 5.10 Å². The highest BCUT2D eigenvalue weighted by molar-refractivity contribution is 5.95. The molecule has 106 valence electrons. The average Bonchev–Trinajstić information content (AvgIpc) is 2.95. The number of tetrazole rings is 1. The number of aromatic nitrogens is 4. The number of nitrogens with two attached hydrogens (primary N) is 1. The van der Waals surface area contributed by atoms with Crippen molar-refractivity contribution in [2.45, 2.75) is 25.8 Å². The van der Waals surface area contributed by atoms with E-state index in [-0.39, 0.29) is 5.69 Å². The predicted octanol–water partition coefficient (Wildman–Crippen LogP) is 0.867. The van der Waals surface area contributed by atoms with Crippen molar-refractivity contribution >= 4 is 11.6 Å². The highest BCUT2D eigenvalue weighted by atomic mass is 19.1. The van der Waals surface area contributed by atoms with Crippen molar-refractivity contribution < 1.29 is 9.18 Å². The maximum Gasteiger partial charge on any atom is 0.241 e. The minimum Gasteiger partial charge on any atom is -0.322 e. The minimum atomic E-state index is -0.656. The quantitative estimate of drug-likeness (QED) is 0.845. The summed E-state index contributed by atoms with van der Waals surface area (Å²) in [6.45, 7) is 1.92. The zero-order chi connectivity index (χ0) is 14.5. The van der Waals surface area contributed by atoms with E-state index in [1.807, 2.05) is 6.92 Å². The molecule has 7 nitrogen and oxygen atoms in total. The topological polar surface area (TPSA) is 98.7 Å². The number of hydrogen-bond acceptors (Lipinski definition) is 5. The Morgan fingerprint density at radius 3 is 3.00 bits per heavy atom. The van der Waals surface area contributed by atoms with Gasteiger partial charge in [0.05, 0.1) is 17.4 Å². The fraction of sp³-hybridized carbons (Fsp3) is 0.333. The summed E-state index contributed by atoms with van der Waals surface area (Å²) in [6.07, 6.45) is 2.70. The molecule has 2 aromatic rings. The van der Waals surface area contributed by atoms with E-state index in [0.29, 0.717) is 12.1 Å². The fourth-order valence-corrected chi connectivity index (χ4v) is 1.70. The predicted molar refractivity (Wildman–Crippen MR) is 70.6 cm³/mol. The molecule has 0 saturated heterocycles. The van der Waals surface area contributed by atoms with E-state index in [1.165, 1.54) is 29.2 Å². The molecule has 2 rings (SSSR count). The number of nitrogens with zero attached hydrogens (tertiary/aromatic N) is 4. The van der Waals surface area contributed by atoms with Crippen LogP contribution in [0.25, 0.3) is 5.69 Å². The summed E-state index contributed by atoms with van der Waals surface area (Å²) in [5.74, 6) is -0.960. The lowest BCUT2D eigenvalue weighted by atomic mass is 10.1. The smallest absolute Gasteiger partial charge is 0.241 e. The van der Waals surface area contributed by atoms with E-state index in [4.69, 9.17) is 5.73 Å². The van der Waals surface area contributed by atoms with Crippen LogP contribution in [0.2, 0.25) is 0 Å². The maximum atomic E-state index is 13.7. The molecule has 0 radical (unpaired) electrons. The minimum absolute atomic E-state index is 0.0505. The molecule has 0 unspecified atom stereocenters. The zero-order valence-corrected chi connectivity index (χ0v) is 11.0. The molecule has 8 heteroatoms. The zero-order valence-electron chi connectivity index (χ0n) is 11.0. The SMILES string of the molecule is CCC[C@@H](N)C(=O)Nc1cc(-n2cnnn2)ccc1F. The molecule has 20 heavy (non-hydrogen) atoms. The Bertz CT molecular complexity index is 586. The lowest BCUT2D eigenvalue weighted by molar-refractivity contribution is -0.117. The van der Waals surface area contributed by atoms with Gasteiger partial charge in [-0.1, -0.05) is 13.3 Å². The van der Waals surface area contributed by atoms with Crippen molar-refractivity contribution in [3.8, 4) is 5.69 Å². The molecule has 1 aromatic heterocycles. The third-order valence-electron chi connectivity index (χ3n) is 2.76. The van der Waals surface area contributed by atoms with Gasteiger partial charge in [0.15, 0.2) is 0 Å². The number of benzene rings is 1. The summed E-state index contributed by atoms with van der Waals surface area (Å²) in [5.41, 5.74) is 6.27. The van der Waals surface area contributed by atoms with Crippen LogP contribution in [0.1, 0.15) is 19.8 Å². The molecule has 3 N–H and O–H groups in total. The van der Waals surface area contributed by atoms with E-state index in [0.717, 1.165) is 6.42 Å². The van der Waals surface area contributed by atoms with Crippen molar-refractivity contribution in [3.05, 3.63) is 30.3 Å². The van der Waals surface area contributed by atoms with Crippen LogP contribution in [-0.2, 0) is 4.79 Å². The van der Waals surface area contributed by atoms with Crippen LogP contribution in [0.3, 0.4) is 0 Å². The second-order valence-electron chi connectivity index (χ2n) is 4.30. The van der Waals surface area contributed by atoms with Crippen LogP contribution in [0.4, 0.5) is 10.1 Å². The summed E-state index contributed by atoms with van der Waals surface area (Å²) >= 11 is 0. The number of carbonyl (C=O) groups excluding carboxylic acids is 1. The van der Waals surface area contributed by atoms with E-state index < -0.39 is 17.8 Å². The van der Waals surface area contributed by atoms with Crippen molar-refractivity contribution in [1.82, 2.24) is 20.2 Å². The van der Waals surface area contributed by atoms with Gasteiger partial charge in [0.1, 0.15) is 12.1 Å². The van der Waals surface area contributed by atoms with E-state index in [2.05, 4.69) is 20.8 Å². The second kappa shape index (κ2) is 6.20. The molecule has 0 bridgehead atoms. The lowest BCUT2D eigenvalue weighted by Gasteiger charge is -2.12. The van der Waals surface area contributed by atoms with Crippen molar-refractivity contribution in [3.63, 3.8) is 0 Å². The van der Waals surface area contributed by atoms with Crippen LogP contribution in [0.15, 0.2) is 24.5 Å². The van der Waals surface area contributed by atoms with Gasteiger partial charge < -0.3 is 11.1 Å². The molecular weight excluding hydrogens is 263 g/mol. The summed E-state index contributed by atoms with van der Waals surface area (Å²) in [4.78, 5) is 11.8. The molecule has 1 aromatic carbocycles. The Morgan fingerprint density at radius 1 is 1.55 bits per heavy atom. The fourth-order valence-electron chi connectivity index (χ4n) is 1.70. The number of halogens is 1. The van der Waals surface area contributed by atoms with Crippen molar-refractivity contribution in [2.24, 2.45) is 5.73 Å². The highest BCUT2D eigenvalue weighted by Gasteiger charge is 2.15. The Morgan fingerprint density at radius 2 is 2.35 bits per heavy atom. The van der Waals surface area contributed by atoms with Crippen LogP contribution >= 0.6 is 0 Å². The van der Waals surface area contributed by atoms with Gasteiger partial charge in [-0.3, -0.25) is 4.79 Å². The van der Waals surface area contributed by atoms with Gasteiger partial charge >= 0.3 is 0 Å². The Kier molecular flexibility index (Phi) is 4.36. The summed E-state index contributed by atoms with van der Waals surface area (Å²) in [6, 6.07) is 3.53. The van der Waals surface area contributed by atoms with Crippen molar-refractivity contribution in [2.75, 3.05) is 5.32 Å². The first-order valence-electron chi connectivity index (χ1n) is 6.21. The van der Waals surface area contributed by atoms with Gasteiger partial charge in [-0.25, -0.2) is 9.07 Å². The number of anilines is 1. The molecule has 1 heterocycles. The number of carbonyl (C=O) groups is 1. The number of hydrogen-bond donors (Lipinski definition) is 2. The van der Waals surface area contributed by atoms with Crippen LogP contribution in [-0.4, -0.2) is 32.2 Å². The van der Waals surface area contributed by atoms with Gasteiger partial charge in [0.2, 0.25) is 5.91 Å². The van der Waals surface area contributed by atoms with Crippen LogP contribution in [0.5, 0.6) is 0 Å². The third kappa shape index (κ3) is 3.15. The monoisotopic (exact) mass is 278 g/mol. The van der Waals surface area contributed by atoms with Crippen molar-refractivity contribution in [1.29, 1.82) is 0 Å². The molecular formula is C12H15FN6O.